The van der Waals surface area contributed by atoms with E-state index in [0.29, 0.717) is 11.5 Å². The van der Waals surface area contributed by atoms with Gasteiger partial charge in [0.05, 0.1) is 27.4 Å². The van der Waals surface area contributed by atoms with Gasteiger partial charge in [0.15, 0.2) is 16.9 Å². The molecule has 0 heterocycles. The molecule has 0 radical (unpaired) electrons. The van der Waals surface area contributed by atoms with Gasteiger partial charge in [-0.2, -0.15) is 0 Å². The van der Waals surface area contributed by atoms with Crippen LogP contribution in [0.1, 0.15) is 37.3 Å². The molecule has 0 bridgehead atoms. The first-order chi connectivity index (χ1) is 12.5. The molecule has 1 aromatic rings. The highest BCUT2D eigenvalue weighted by Crippen LogP contribution is 2.47. The smallest absolute Gasteiger partial charge is 0.323 e. The molecule has 0 spiro atoms. The third-order valence-corrected chi connectivity index (χ3v) is 4.72. The second-order valence-electron chi connectivity index (χ2n) is 6.15. The zero-order valence-electron chi connectivity index (χ0n) is 15.8. The molecule has 0 aliphatic heterocycles. The molecule has 1 atom stereocenters. The van der Waals surface area contributed by atoms with Crippen molar-refractivity contribution in [1.29, 1.82) is 0 Å². The molecule has 0 saturated carbocycles. The molecule has 1 unspecified atom stereocenters. The van der Waals surface area contributed by atoms with E-state index in [2.05, 4.69) is 6.58 Å². The normalized spacial score (nSPS) is 17.6. The fraction of sp³-hybridized carbons (Fsp3) is 0.500. The van der Waals surface area contributed by atoms with Gasteiger partial charge in [-0.05, 0) is 49.9 Å². The van der Waals surface area contributed by atoms with Crippen LogP contribution >= 0.6 is 0 Å². The quantitative estimate of drug-likeness (QED) is 0.422. The highest BCUT2D eigenvalue weighted by atomic mass is 16.6. The van der Waals surface area contributed by atoms with Crippen molar-refractivity contribution in [2.45, 2.75) is 32.6 Å². The summed E-state index contributed by atoms with van der Waals surface area (Å²) >= 11 is 0. The summed E-state index contributed by atoms with van der Waals surface area (Å²) in [5.41, 5.74) is 0.388. The molecular formula is C20H26O6. The molecule has 0 amide bonds. The molecule has 6 nitrogen and oxygen atoms in total. The van der Waals surface area contributed by atoms with Crippen molar-refractivity contribution < 1.29 is 28.5 Å². The van der Waals surface area contributed by atoms with Crippen LogP contribution in [0, 0.1) is 5.41 Å². The van der Waals surface area contributed by atoms with Crippen molar-refractivity contribution in [1.82, 2.24) is 0 Å². The summed E-state index contributed by atoms with van der Waals surface area (Å²) in [6.07, 6.45) is 2.17. The zero-order valence-corrected chi connectivity index (χ0v) is 15.8. The molecule has 0 saturated heterocycles. The van der Waals surface area contributed by atoms with E-state index in [-0.39, 0.29) is 32.0 Å². The lowest BCUT2D eigenvalue weighted by Crippen LogP contribution is -2.47. The summed E-state index contributed by atoms with van der Waals surface area (Å²) in [6.45, 7) is 7.69. The fourth-order valence-corrected chi connectivity index (χ4v) is 3.46. The third-order valence-electron chi connectivity index (χ3n) is 4.72. The lowest BCUT2D eigenvalue weighted by atomic mass is 9.66. The zero-order chi connectivity index (χ0) is 19.3. The standard InChI is InChI=1S/C20H26O6/c1-6-13-11-20(18(21)25-7-2,19(22)26-8-3)12-14-9-16(23-4)17(24-5)10-15(13)14/h6,9-10,13H,1,7-8,11-12H2,2-5H3. The Kier molecular flexibility index (Phi) is 6.29. The van der Waals surface area contributed by atoms with Crippen LogP contribution in [0.4, 0.5) is 0 Å². The van der Waals surface area contributed by atoms with Gasteiger partial charge >= 0.3 is 11.9 Å². The van der Waals surface area contributed by atoms with E-state index in [1.54, 1.807) is 40.2 Å². The van der Waals surface area contributed by atoms with E-state index in [4.69, 9.17) is 18.9 Å². The maximum atomic E-state index is 12.8. The maximum absolute atomic E-state index is 12.8. The minimum atomic E-state index is -1.39. The Morgan fingerprint density at radius 3 is 2.12 bits per heavy atom. The minimum Gasteiger partial charge on any atom is -0.493 e. The van der Waals surface area contributed by atoms with Crippen LogP contribution in [-0.4, -0.2) is 39.4 Å². The van der Waals surface area contributed by atoms with Gasteiger partial charge in [-0.25, -0.2) is 0 Å². The summed E-state index contributed by atoms with van der Waals surface area (Å²) in [7, 11) is 3.11. The Bertz CT molecular complexity index is 676. The van der Waals surface area contributed by atoms with Crippen LogP contribution in [0.15, 0.2) is 24.8 Å². The second kappa shape index (κ2) is 8.25. The molecule has 6 heteroatoms. The summed E-state index contributed by atoms with van der Waals surface area (Å²) in [6, 6.07) is 3.68. The van der Waals surface area contributed by atoms with Crippen LogP contribution in [0.5, 0.6) is 11.5 Å². The van der Waals surface area contributed by atoms with E-state index < -0.39 is 17.4 Å². The minimum absolute atomic E-state index is 0.185. The van der Waals surface area contributed by atoms with Crippen molar-refractivity contribution in [3.8, 4) is 11.5 Å². The first kappa shape index (κ1) is 19.8. The van der Waals surface area contributed by atoms with Gasteiger partial charge in [0, 0.05) is 5.92 Å². The largest absolute Gasteiger partial charge is 0.493 e. The van der Waals surface area contributed by atoms with Gasteiger partial charge in [0.2, 0.25) is 0 Å². The molecule has 142 valence electrons. The maximum Gasteiger partial charge on any atom is 0.323 e. The van der Waals surface area contributed by atoms with Gasteiger partial charge in [-0.3, -0.25) is 9.59 Å². The molecule has 0 aromatic heterocycles. The predicted molar refractivity (Wildman–Crippen MR) is 96.5 cm³/mol. The summed E-state index contributed by atoms with van der Waals surface area (Å²) in [5.74, 6) is -0.209. The number of hydrogen-bond donors (Lipinski definition) is 0. The Morgan fingerprint density at radius 2 is 1.65 bits per heavy atom. The van der Waals surface area contributed by atoms with Crippen LogP contribution < -0.4 is 9.47 Å². The number of carbonyl (C=O) groups excluding carboxylic acids is 2. The lowest BCUT2D eigenvalue weighted by Gasteiger charge is -2.37. The number of fused-ring (bicyclic) bond motifs is 1. The predicted octanol–water partition coefficient (Wildman–Crippen LogP) is 3.03. The molecule has 0 N–H and O–H groups in total. The van der Waals surface area contributed by atoms with Gasteiger partial charge < -0.3 is 18.9 Å². The van der Waals surface area contributed by atoms with Crippen LogP contribution in [-0.2, 0) is 25.5 Å². The Hall–Kier alpha value is -2.50. The number of hydrogen-bond acceptors (Lipinski definition) is 6. The first-order valence-corrected chi connectivity index (χ1v) is 8.69. The van der Waals surface area contributed by atoms with Gasteiger partial charge in [0.1, 0.15) is 0 Å². The highest BCUT2D eigenvalue weighted by Gasteiger charge is 2.53. The molecule has 0 fully saturated rings. The molecule has 26 heavy (non-hydrogen) atoms. The van der Waals surface area contributed by atoms with Gasteiger partial charge in [0.25, 0.3) is 0 Å². The van der Waals surface area contributed by atoms with E-state index in [9.17, 15) is 9.59 Å². The SMILES string of the molecule is C=CC1CC(C(=O)OCC)(C(=O)OCC)Cc2cc(OC)c(OC)cc21. The molecule has 1 aliphatic carbocycles. The lowest BCUT2D eigenvalue weighted by molar-refractivity contribution is -0.173. The summed E-state index contributed by atoms with van der Waals surface area (Å²) < 4.78 is 21.2. The fourth-order valence-electron chi connectivity index (χ4n) is 3.46. The van der Waals surface area contributed by atoms with E-state index in [0.717, 1.165) is 11.1 Å². The average Bonchev–Trinajstić information content (AvgIpc) is 2.65. The third kappa shape index (κ3) is 3.41. The highest BCUT2D eigenvalue weighted by molar-refractivity contribution is 6.01. The van der Waals surface area contributed by atoms with Crippen molar-refractivity contribution in [2.24, 2.45) is 5.41 Å². The Balaban J connectivity index is 2.60. The second-order valence-corrected chi connectivity index (χ2v) is 6.15. The molecular weight excluding hydrogens is 336 g/mol. The number of rotatable bonds is 7. The van der Waals surface area contributed by atoms with E-state index in [1.165, 1.54) is 0 Å². The van der Waals surface area contributed by atoms with Crippen molar-refractivity contribution in [2.75, 3.05) is 27.4 Å². The Labute approximate surface area is 154 Å². The van der Waals surface area contributed by atoms with Crippen LogP contribution in [0.25, 0.3) is 0 Å². The monoisotopic (exact) mass is 362 g/mol. The number of ether oxygens (including phenoxy) is 4. The average molecular weight is 362 g/mol. The van der Waals surface area contributed by atoms with Crippen LogP contribution in [0.3, 0.4) is 0 Å². The van der Waals surface area contributed by atoms with Crippen molar-refractivity contribution in [3.05, 3.63) is 35.9 Å². The number of allylic oxidation sites excluding steroid dienone is 1. The number of carbonyl (C=O) groups is 2. The molecule has 1 aromatic carbocycles. The van der Waals surface area contributed by atoms with Crippen molar-refractivity contribution in [3.63, 3.8) is 0 Å². The number of esters is 2. The van der Waals surface area contributed by atoms with E-state index in [1.807, 2.05) is 6.07 Å². The van der Waals surface area contributed by atoms with E-state index >= 15 is 0 Å². The number of benzene rings is 1. The summed E-state index contributed by atoms with van der Waals surface area (Å²) in [5, 5.41) is 0. The van der Waals surface area contributed by atoms with Crippen molar-refractivity contribution >= 4 is 11.9 Å². The Morgan fingerprint density at radius 1 is 1.12 bits per heavy atom. The molecule has 1 aliphatic rings. The van der Waals surface area contributed by atoms with Crippen LogP contribution in [0.2, 0.25) is 0 Å². The molecule has 2 rings (SSSR count). The first-order valence-electron chi connectivity index (χ1n) is 8.69. The number of methoxy groups -OCH3 is 2. The van der Waals surface area contributed by atoms with Gasteiger partial charge in [-0.15, -0.1) is 6.58 Å². The topological polar surface area (TPSA) is 71.1 Å². The summed E-state index contributed by atoms with van der Waals surface area (Å²) in [4.78, 5) is 25.5. The van der Waals surface area contributed by atoms with Gasteiger partial charge in [-0.1, -0.05) is 6.08 Å².